The Kier molecular flexibility index (Phi) is 2.75. The van der Waals surface area contributed by atoms with Crippen molar-refractivity contribution in [3.63, 3.8) is 0 Å². The zero-order valence-electron chi connectivity index (χ0n) is 6.20. The molecule has 0 spiro atoms. The van der Waals surface area contributed by atoms with Gasteiger partial charge in [0.1, 0.15) is 0 Å². The minimum atomic E-state index is -4.51. The molecule has 1 aromatic rings. The summed E-state index contributed by atoms with van der Waals surface area (Å²) in [5.74, 6) is -1.30. The molecular weight excluding hydrogens is 210 g/mol. The van der Waals surface area contributed by atoms with E-state index in [2.05, 4.69) is 4.98 Å². The summed E-state index contributed by atoms with van der Waals surface area (Å²) >= 11 is 5.21. The minimum absolute atomic E-state index is 0.253. The number of halogens is 5. The fourth-order valence-electron chi connectivity index (χ4n) is 0.742. The van der Waals surface area contributed by atoms with E-state index >= 15 is 0 Å². The van der Waals surface area contributed by atoms with Crippen molar-refractivity contribution >= 4 is 11.6 Å². The summed E-state index contributed by atoms with van der Waals surface area (Å²) in [6, 6.07) is 0.648. The summed E-state index contributed by atoms with van der Waals surface area (Å²) in [6.45, 7) is 0. The maximum Gasteiger partial charge on any atom is 0.417 e. The van der Waals surface area contributed by atoms with Crippen LogP contribution < -0.4 is 0 Å². The smallest absolute Gasteiger partial charge is 0.227 e. The second-order valence-corrected chi connectivity index (χ2v) is 2.57. The van der Waals surface area contributed by atoms with Gasteiger partial charge < -0.3 is 0 Å². The van der Waals surface area contributed by atoms with Crippen molar-refractivity contribution in [2.75, 3.05) is 0 Å². The Morgan fingerprint density at radius 3 is 2.46 bits per heavy atom. The highest BCUT2D eigenvalue weighted by Gasteiger charge is 2.31. The van der Waals surface area contributed by atoms with Gasteiger partial charge in [0.25, 0.3) is 0 Å². The molecular formula is C7H4ClF4N. The first-order valence-corrected chi connectivity index (χ1v) is 3.76. The first kappa shape index (κ1) is 10.2. The summed E-state index contributed by atoms with van der Waals surface area (Å²) < 4.78 is 48.7. The Hall–Kier alpha value is -0.840. The molecule has 0 radical (unpaired) electrons. The van der Waals surface area contributed by atoms with Gasteiger partial charge in [-0.2, -0.15) is 17.6 Å². The number of pyridine rings is 1. The van der Waals surface area contributed by atoms with E-state index in [1.165, 1.54) is 0 Å². The van der Waals surface area contributed by atoms with Gasteiger partial charge >= 0.3 is 6.18 Å². The number of nitrogens with zero attached hydrogens (tertiary/aromatic N) is 1. The van der Waals surface area contributed by atoms with Crippen LogP contribution in [0.5, 0.6) is 0 Å². The molecule has 0 aromatic carbocycles. The van der Waals surface area contributed by atoms with Gasteiger partial charge in [-0.15, -0.1) is 11.6 Å². The molecule has 0 aliphatic carbocycles. The SMILES string of the molecule is Fc1ncc(C(F)(F)F)cc1CCl. The Bertz CT molecular complexity index is 310. The quantitative estimate of drug-likeness (QED) is 0.397. The van der Waals surface area contributed by atoms with Crippen LogP contribution in [0.2, 0.25) is 0 Å². The molecule has 0 fully saturated rings. The van der Waals surface area contributed by atoms with Gasteiger partial charge in [-0.05, 0) is 6.07 Å². The lowest BCUT2D eigenvalue weighted by atomic mass is 10.2. The predicted molar refractivity (Wildman–Crippen MR) is 38.8 cm³/mol. The maximum absolute atomic E-state index is 12.6. The average molecular weight is 214 g/mol. The third kappa shape index (κ3) is 2.30. The summed E-state index contributed by atoms with van der Waals surface area (Å²) in [4.78, 5) is 2.95. The van der Waals surface area contributed by atoms with Crippen molar-refractivity contribution in [2.24, 2.45) is 0 Å². The molecule has 0 unspecified atom stereocenters. The zero-order valence-corrected chi connectivity index (χ0v) is 6.95. The standard InChI is InChI=1S/C7H4ClF4N/c8-2-4-1-5(7(10,11)12)3-13-6(4)9/h1,3H,2H2. The number of alkyl halides is 4. The van der Waals surface area contributed by atoms with Crippen LogP contribution in [0.1, 0.15) is 11.1 Å². The van der Waals surface area contributed by atoms with Crippen LogP contribution in [-0.4, -0.2) is 4.98 Å². The molecule has 0 aliphatic heterocycles. The van der Waals surface area contributed by atoms with E-state index in [9.17, 15) is 17.6 Å². The van der Waals surface area contributed by atoms with Gasteiger partial charge in [0.05, 0.1) is 11.4 Å². The molecule has 0 aliphatic rings. The van der Waals surface area contributed by atoms with E-state index in [0.29, 0.717) is 12.3 Å². The van der Waals surface area contributed by atoms with Gasteiger partial charge in [0, 0.05) is 11.8 Å². The largest absolute Gasteiger partial charge is 0.417 e. The van der Waals surface area contributed by atoms with Gasteiger partial charge in [0.2, 0.25) is 5.95 Å². The van der Waals surface area contributed by atoms with E-state index in [4.69, 9.17) is 11.6 Å². The summed E-state index contributed by atoms with van der Waals surface area (Å²) in [5, 5.41) is 0. The summed E-state index contributed by atoms with van der Waals surface area (Å²) in [5.41, 5.74) is -1.25. The van der Waals surface area contributed by atoms with E-state index in [0.717, 1.165) is 0 Å². The van der Waals surface area contributed by atoms with Crippen LogP contribution in [0, 0.1) is 5.95 Å². The van der Waals surface area contributed by atoms with Gasteiger partial charge in [-0.3, -0.25) is 0 Å². The van der Waals surface area contributed by atoms with Crippen LogP contribution >= 0.6 is 11.6 Å². The third-order valence-electron chi connectivity index (χ3n) is 1.38. The van der Waals surface area contributed by atoms with Crippen molar-refractivity contribution in [3.8, 4) is 0 Å². The Morgan fingerprint density at radius 2 is 2.00 bits per heavy atom. The number of rotatable bonds is 1. The number of hydrogen-bond donors (Lipinski definition) is 0. The van der Waals surface area contributed by atoms with Crippen molar-refractivity contribution in [2.45, 2.75) is 12.1 Å². The van der Waals surface area contributed by atoms with Crippen molar-refractivity contribution in [1.29, 1.82) is 0 Å². The molecule has 0 bridgehead atoms. The van der Waals surface area contributed by atoms with E-state index < -0.39 is 17.7 Å². The molecule has 1 nitrogen and oxygen atoms in total. The molecule has 1 aromatic heterocycles. The average Bonchev–Trinajstić information content (AvgIpc) is 2.03. The highest BCUT2D eigenvalue weighted by molar-refractivity contribution is 6.17. The molecule has 72 valence electrons. The third-order valence-corrected chi connectivity index (χ3v) is 1.67. The number of hydrogen-bond acceptors (Lipinski definition) is 1. The topological polar surface area (TPSA) is 12.9 Å². The first-order chi connectivity index (χ1) is 5.95. The molecule has 0 N–H and O–H groups in total. The van der Waals surface area contributed by atoms with Gasteiger partial charge in [-0.1, -0.05) is 0 Å². The van der Waals surface area contributed by atoms with Crippen LogP contribution in [0.3, 0.4) is 0 Å². The van der Waals surface area contributed by atoms with Gasteiger partial charge in [-0.25, -0.2) is 4.98 Å². The van der Waals surface area contributed by atoms with Gasteiger partial charge in [0.15, 0.2) is 0 Å². The minimum Gasteiger partial charge on any atom is -0.227 e. The summed E-state index contributed by atoms with van der Waals surface area (Å²) in [7, 11) is 0. The van der Waals surface area contributed by atoms with E-state index in [1.54, 1.807) is 0 Å². The van der Waals surface area contributed by atoms with Crippen molar-refractivity contribution in [3.05, 3.63) is 29.3 Å². The molecule has 1 rings (SSSR count). The molecule has 0 saturated heterocycles. The second-order valence-electron chi connectivity index (χ2n) is 2.31. The summed E-state index contributed by atoms with van der Waals surface area (Å²) in [6.07, 6.45) is -4.08. The number of aromatic nitrogens is 1. The Balaban J connectivity index is 3.14. The zero-order chi connectivity index (χ0) is 10.1. The predicted octanol–water partition coefficient (Wildman–Crippen LogP) is 2.98. The Labute approximate surface area is 76.3 Å². The van der Waals surface area contributed by atoms with E-state index in [1.807, 2.05) is 0 Å². The van der Waals surface area contributed by atoms with Crippen LogP contribution in [-0.2, 0) is 12.1 Å². The molecule has 1 heterocycles. The lowest BCUT2D eigenvalue weighted by molar-refractivity contribution is -0.137. The highest BCUT2D eigenvalue weighted by atomic mass is 35.5. The molecule has 6 heteroatoms. The van der Waals surface area contributed by atoms with E-state index in [-0.39, 0.29) is 11.4 Å². The fourth-order valence-corrected chi connectivity index (χ4v) is 0.930. The molecule has 0 saturated carbocycles. The lowest BCUT2D eigenvalue weighted by Gasteiger charge is -2.06. The second kappa shape index (κ2) is 3.49. The Morgan fingerprint density at radius 1 is 1.38 bits per heavy atom. The first-order valence-electron chi connectivity index (χ1n) is 3.22. The molecule has 0 atom stereocenters. The maximum atomic E-state index is 12.6. The normalized spacial score (nSPS) is 11.8. The monoisotopic (exact) mass is 213 g/mol. The fraction of sp³-hybridized carbons (Fsp3) is 0.286. The molecule has 13 heavy (non-hydrogen) atoms. The van der Waals surface area contributed by atoms with Crippen LogP contribution in [0.4, 0.5) is 17.6 Å². The highest BCUT2D eigenvalue weighted by Crippen LogP contribution is 2.29. The van der Waals surface area contributed by atoms with Crippen LogP contribution in [0.25, 0.3) is 0 Å². The molecule has 0 amide bonds. The van der Waals surface area contributed by atoms with Crippen LogP contribution in [0.15, 0.2) is 12.3 Å². The lowest BCUT2D eigenvalue weighted by Crippen LogP contribution is -2.07. The van der Waals surface area contributed by atoms with Crippen molar-refractivity contribution < 1.29 is 17.6 Å². The van der Waals surface area contributed by atoms with Crippen molar-refractivity contribution in [1.82, 2.24) is 4.98 Å².